The number of hydrogen-bond acceptors (Lipinski definition) is 6. The number of fused-ring (bicyclic) bond motifs is 3. The van der Waals surface area contributed by atoms with E-state index >= 15 is 0 Å². The van der Waals surface area contributed by atoms with Crippen molar-refractivity contribution in [2.75, 3.05) is 11.5 Å². The second-order valence-electron chi connectivity index (χ2n) is 8.80. The van der Waals surface area contributed by atoms with Gasteiger partial charge in [0.05, 0.1) is 25.0 Å². The summed E-state index contributed by atoms with van der Waals surface area (Å²) in [5.41, 5.74) is 1.66. The maximum absolute atomic E-state index is 14.2. The number of benzene rings is 1. The Morgan fingerprint density at radius 3 is 3.03 bits per heavy atom. The molecule has 8 nitrogen and oxygen atoms in total. The molecule has 2 aromatic heterocycles. The van der Waals surface area contributed by atoms with Gasteiger partial charge in [0.1, 0.15) is 23.2 Å². The molecule has 3 unspecified atom stereocenters. The Hall–Kier alpha value is -3.36. The molecule has 1 amide bonds. The third kappa shape index (κ3) is 3.14. The number of halogens is 1. The molecule has 4 heterocycles. The van der Waals surface area contributed by atoms with Crippen molar-refractivity contribution in [3.05, 3.63) is 47.5 Å². The molecule has 2 aliphatic heterocycles. The van der Waals surface area contributed by atoms with Crippen LogP contribution in [0.1, 0.15) is 48.5 Å². The first kappa shape index (κ1) is 19.3. The quantitative estimate of drug-likeness (QED) is 0.582. The zero-order valence-electron chi connectivity index (χ0n) is 17.8. The lowest BCUT2D eigenvalue weighted by Gasteiger charge is -2.39. The van der Waals surface area contributed by atoms with Gasteiger partial charge < -0.3 is 19.7 Å². The fourth-order valence-corrected chi connectivity index (χ4v) is 4.96. The van der Waals surface area contributed by atoms with Gasteiger partial charge >= 0.3 is 0 Å². The number of amides is 1. The minimum absolute atomic E-state index is 0.0396. The maximum Gasteiger partial charge on any atom is 0.256 e. The lowest BCUT2D eigenvalue weighted by atomic mass is 10.1. The number of nitrogens with zero attached hydrogens (tertiary/aromatic N) is 4. The summed E-state index contributed by atoms with van der Waals surface area (Å²) < 4.78 is 28.1. The Morgan fingerprint density at radius 2 is 2.12 bits per heavy atom. The molecule has 1 fully saturated rings. The average Bonchev–Trinajstić information content (AvgIpc) is 3.39. The van der Waals surface area contributed by atoms with Crippen LogP contribution < -0.4 is 19.7 Å². The molecule has 0 spiro atoms. The van der Waals surface area contributed by atoms with Crippen LogP contribution in [-0.2, 0) is 6.54 Å². The van der Waals surface area contributed by atoms with Gasteiger partial charge in [0.15, 0.2) is 17.2 Å². The van der Waals surface area contributed by atoms with Crippen LogP contribution in [0.15, 0.2) is 30.6 Å². The van der Waals surface area contributed by atoms with E-state index in [2.05, 4.69) is 15.3 Å². The average molecular weight is 437 g/mol. The van der Waals surface area contributed by atoms with Crippen LogP contribution in [0.3, 0.4) is 0 Å². The Balaban J connectivity index is 1.53. The van der Waals surface area contributed by atoms with Crippen LogP contribution in [0, 0.1) is 5.82 Å². The summed E-state index contributed by atoms with van der Waals surface area (Å²) in [6, 6.07) is 4.65. The maximum atomic E-state index is 14.2. The van der Waals surface area contributed by atoms with Crippen molar-refractivity contribution < 1.29 is 18.7 Å². The van der Waals surface area contributed by atoms with E-state index in [9.17, 15) is 9.18 Å². The number of rotatable bonds is 0. The van der Waals surface area contributed by atoms with E-state index in [1.165, 1.54) is 18.3 Å². The van der Waals surface area contributed by atoms with Gasteiger partial charge in [0.25, 0.3) is 5.91 Å². The molecular weight excluding hydrogens is 413 g/mol. The van der Waals surface area contributed by atoms with Gasteiger partial charge in [-0.05, 0) is 44.4 Å². The fourth-order valence-electron chi connectivity index (χ4n) is 4.96. The van der Waals surface area contributed by atoms with Gasteiger partial charge in [-0.15, -0.1) is 0 Å². The van der Waals surface area contributed by atoms with E-state index in [1.807, 2.05) is 6.92 Å². The van der Waals surface area contributed by atoms with E-state index in [0.717, 1.165) is 24.8 Å². The van der Waals surface area contributed by atoms with Crippen molar-refractivity contribution in [3.63, 3.8) is 0 Å². The Kier molecular flexibility index (Phi) is 4.44. The molecule has 3 atom stereocenters. The number of carbonyl (C=O) groups excluding carboxylic acids is 1. The van der Waals surface area contributed by atoms with E-state index in [1.54, 1.807) is 16.8 Å². The molecule has 3 aliphatic rings. The number of ether oxygens (including phenoxy) is 2. The SMILES string of the molecule is CC1CCOc2ccc(F)cc2CN2c3nc4c(cnn4cc3OC3CCCC32)C(=O)N1. The van der Waals surface area contributed by atoms with E-state index < -0.39 is 0 Å². The Bertz CT molecular complexity index is 1210. The molecule has 2 bridgehead atoms. The first-order valence-electron chi connectivity index (χ1n) is 11.1. The highest BCUT2D eigenvalue weighted by Crippen LogP contribution is 2.42. The number of aromatic nitrogens is 3. The molecule has 0 saturated heterocycles. The van der Waals surface area contributed by atoms with Crippen molar-refractivity contribution in [2.45, 2.75) is 57.3 Å². The summed E-state index contributed by atoms with van der Waals surface area (Å²) in [7, 11) is 0. The van der Waals surface area contributed by atoms with Crippen molar-refractivity contribution in [3.8, 4) is 11.5 Å². The second-order valence-corrected chi connectivity index (χ2v) is 8.80. The summed E-state index contributed by atoms with van der Waals surface area (Å²) in [5.74, 6) is 1.40. The highest BCUT2D eigenvalue weighted by atomic mass is 19.1. The van der Waals surface area contributed by atoms with Crippen LogP contribution in [0.5, 0.6) is 11.5 Å². The molecule has 166 valence electrons. The van der Waals surface area contributed by atoms with Crippen molar-refractivity contribution in [1.82, 2.24) is 19.9 Å². The molecule has 32 heavy (non-hydrogen) atoms. The minimum atomic E-state index is -0.299. The van der Waals surface area contributed by atoms with Crippen LogP contribution in [0.2, 0.25) is 0 Å². The van der Waals surface area contributed by atoms with Gasteiger partial charge in [-0.3, -0.25) is 4.79 Å². The molecular formula is C23H24FN5O3. The summed E-state index contributed by atoms with van der Waals surface area (Å²) in [6.45, 7) is 2.78. The molecule has 1 N–H and O–H groups in total. The summed E-state index contributed by atoms with van der Waals surface area (Å²) in [6.07, 6.45) is 6.95. The monoisotopic (exact) mass is 437 g/mol. The molecule has 6 rings (SSSR count). The highest BCUT2D eigenvalue weighted by Gasteiger charge is 2.41. The summed E-state index contributed by atoms with van der Waals surface area (Å²) in [4.78, 5) is 19.9. The predicted octanol–water partition coefficient (Wildman–Crippen LogP) is 3.09. The largest absolute Gasteiger partial charge is 0.493 e. The minimum Gasteiger partial charge on any atom is -0.493 e. The van der Waals surface area contributed by atoms with Crippen LogP contribution >= 0.6 is 0 Å². The first-order valence-corrected chi connectivity index (χ1v) is 11.1. The smallest absolute Gasteiger partial charge is 0.256 e. The van der Waals surface area contributed by atoms with E-state index in [-0.39, 0.29) is 29.9 Å². The predicted molar refractivity (Wildman–Crippen MR) is 115 cm³/mol. The molecule has 1 aromatic carbocycles. The lowest BCUT2D eigenvalue weighted by molar-refractivity contribution is 0.0936. The van der Waals surface area contributed by atoms with Crippen LogP contribution in [0.4, 0.5) is 10.2 Å². The van der Waals surface area contributed by atoms with Crippen molar-refractivity contribution >= 4 is 17.4 Å². The Labute approximate surface area is 184 Å². The molecule has 0 radical (unpaired) electrons. The van der Waals surface area contributed by atoms with Crippen molar-refractivity contribution in [1.29, 1.82) is 0 Å². The summed E-state index contributed by atoms with van der Waals surface area (Å²) in [5, 5.41) is 7.33. The third-order valence-corrected chi connectivity index (χ3v) is 6.60. The first-order chi connectivity index (χ1) is 15.6. The van der Waals surface area contributed by atoms with Gasteiger partial charge in [-0.25, -0.2) is 13.9 Å². The van der Waals surface area contributed by atoms with Crippen LogP contribution in [-0.4, -0.2) is 45.3 Å². The molecule has 9 heteroatoms. The topological polar surface area (TPSA) is 81.0 Å². The van der Waals surface area contributed by atoms with Gasteiger partial charge in [-0.1, -0.05) is 0 Å². The number of carbonyl (C=O) groups is 1. The van der Waals surface area contributed by atoms with E-state index in [0.29, 0.717) is 48.1 Å². The standard InChI is InChI=1S/C23H24FN5O3/c1-13-7-8-31-18-6-5-15(24)9-14(18)11-28-17-3-2-4-19(17)32-20-12-29-21(27-22(20)28)16(10-25-29)23(30)26-13/h5-6,9-10,12-13,17,19H,2-4,7-8,11H2,1H3,(H,26,30). The zero-order chi connectivity index (χ0) is 21.8. The van der Waals surface area contributed by atoms with E-state index in [4.69, 9.17) is 14.5 Å². The highest BCUT2D eigenvalue weighted by molar-refractivity contribution is 6.00. The zero-order valence-corrected chi connectivity index (χ0v) is 17.8. The number of nitrogens with one attached hydrogen (secondary N) is 1. The van der Waals surface area contributed by atoms with Gasteiger partial charge in [0, 0.05) is 24.6 Å². The fraction of sp³-hybridized carbons (Fsp3) is 0.435. The second kappa shape index (κ2) is 7.36. The summed E-state index contributed by atoms with van der Waals surface area (Å²) >= 11 is 0. The lowest BCUT2D eigenvalue weighted by Crippen LogP contribution is -2.47. The van der Waals surface area contributed by atoms with Gasteiger partial charge in [0.2, 0.25) is 0 Å². The Morgan fingerprint density at radius 1 is 1.22 bits per heavy atom. The normalized spacial score (nSPS) is 24.9. The number of hydrogen-bond donors (Lipinski definition) is 1. The molecule has 1 saturated carbocycles. The van der Waals surface area contributed by atoms with Crippen molar-refractivity contribution in [2.24, 2.45) is 0 Å². The molecule has 1 aliphatic carbocycles. The molecule has 3 aromatic rings. The number of anilines is 1. The van der Waals surface area contributed by atoms with Gasteiger partial charge in [-0.2, -0.15) is 5.10 Å². The van der Waals surface area contributed by atoms with Crippen LogP contribution in [0.25, 0.3) is 5.65 Å². The third-order valence-electron chi connectivity index (χ3n) is 6.60.